The predicted molar refractivity (Wildman–Crippen MR) is 87.9 cm³/mol. The Hall–Kier alpha value is -0.290. The minimum absolute atomic E-state index is 0.0759. The molecule has 6 heteroatoms. The normalized spacial score (nSPS) is 12.3. The summed E-state index contributed by atoms with van der Waals surface area (Å²) in [5, 5.41) is 0.650. The number of hydrogen-bond donors (Lipinski definition) is 0. The Morgan fingerprint density at radius 2 is 1.90 bits per heavy atom. The van der Waals surface area contributed by atoms with Crippen LogP contribution in [0.25, 0.3) is 0 Å². The van der Waals surface area contributed by atoms with Crippen LogP contribution < -0.4 is 4.74 Å². The number of halogens is 5. The molecule has 1 unspecified atom stereocenters. The molecule has 0 saturated carbocycles. The zero-order valence-corrected chi connectivity index (χ0v) is 14.9. The van der Waals surface area contributed by atoms with Gasteiger partial charge in [0.25, 0.3) is 0 Å². The third-order valence-electron chi connectivity index (χ3n) is 2.75. The fraction of sp³-hybridized carbons (Fsp3) is 0.143. The Kier molecular flexibility index (Phi) is 5.35. The SMILES string of the molecule is COc1c(Br)cc(Cl)cc1C(Br)c1ccc(F)c(Cl)c1. The van der Waals surface area contributed by atoms with Gasteiger partial charge in [0.2, 0.25) is 0 Å². The van der Waals surface area contributed by atoms with Gasteiger partial charge in [-0.25, -0.2) is 4.39 Å². The van der Waals surface area contributed by atoms with E-state index in [0.29, 0.717) is 10.8 Å². The van der Waals surface area contributed by atoms with Crippen molar-refractivity contribution in [2.24, 2.45) is 0 Å². The minimum atomic E-state index is -0.450. The average Bonchev–Trinajstić information content (AvgIpc) is 2.40. The van der Waals surface area contributed by atoms with E-state index in [1.807, 2.05) is 0 Å². The molecule has 0 N–H and O–H groups in total. The molecule has 0 fully saturated rings. The first-order valence-electron chi connectivity index (χ1n) is 5.56. The summed E-state index contributed by atoms with van der Waals surface area (Å²) < 4.78 is 19.4. The molecule has 0 radical (unpaired) electrons. The maximum atomic E-state index is 13.2. The molecule has 0 amide bonds. The summed E-state index contributed by atoms with van der Waals surface area (Å²) in [5.41, 5.74) is 1.64. The lowest BCUT2D eigenvalue weighted by molar-refractivity contribution is 0.408. The molecular formula is C14H9Br2Cl2FO. The molecule has 2 rings (SSSR count). The van der Waals surface area contributed by atoms with Gasteiger partial charge in [0, 0.05) is 10.6 Å². The fourth-order valence-corrected chi connectivity index (χ4v) is 3.64. The summed E-state index contributed by atoms with van der Waals surface area (Å²) in [4.78, 5) is -0.217. The lowest BCUT2D eigenvalue weighted by Crippen LogP contribution is -1.98. The number of methoxy groups -OCH3 is 1. The van der Waals surface area contributed by atoms with Gasteiger partial charge in [-0.05, 0) is 45.8 Å². The minimum Gasteiger partial charge on any atom is -0.495 e. The Labute approximate surface area is 143 Å². The molecule has 0 aliphatic rings. The third-order valence-corrected chi connectivity index (χ3v) is 4.87. The van der Waals surface area contributed by atoms with Crippen molar-refractivity contribution < 1.29 is 9.13 Å². The Bertz CT molecular complexity index is 649. The lowest BCUT2D eigenvalue weighted by Gasteiger charge is -2.17. The highest BCUT2D eigenvalue weighted by molar-refractivity contribution is 9.10. The van der Waals surface area contributed by atoms with Crippen LogP contribution in [-0.4, -0.2) is 7.11 Å². The van der Waals surface area contributed by atoms with E-state index in [1.54, 1.807) is 31.4 Å². The van der Waals surface area contributed by atoms with E-state index in [2.05, 4.69) is 31.9 Å². The van der Waals surface area contributed by atoms with Gasteiger partial charge in [0.1, 0.15) is 11.6 Å². The summed E-state index contributed by atoms with van der Waals surface area (Å²) in [7, 11) is 1.58. The van der Waals surface area contributed by atoms with Crippen LogP contribution in [0.15, 0.2) is 34.8 Å². The van der Waals surface area contributed by atoms with Gasteiger partial charge in [-0.15, -0.1) is 0 Å². The standard InChI is InChI=1S/C14H9Br2Cl2FO/c1-20-14-9(5-8(17)6-10(14)15)13(16)7-2-3-12(19)11(18)4-7/h2-6,13H,1H3. The smallest absolute Gasteiger partial charge is 0.141 e. The van der Waals surface area contributed by atoms with Crippen LogP contribution in [0.2, 0.25) is 10.0 Å². The van der Waals surface area contributed by atoms with Crippen molar-refractivity contribution in [2.75, 3.05) is 7.11 Å². The van der Waals surface area contributed by atoms with Gasteiger partial charge >= 0.3 is 0 Å². The quantitative estimate of drug-likeness (QED) is 0.500. The van der Waals surface area contributed by atoms with Crippen LogP contribution in [0, 0.1) is 5.82 Å². The van der Waals surface area contributed by atoms with Crippen molar-refractivity contribution in [1.82, 2.24) is 0 Å². The van der Waals surface area contributed by atoms with Crippen molar-refractivity contribution in [1.29, 1.82) is 0 Å². The van der Waals surface area contributed by atoms with Crippen molar-refractivity contribution in [2.45, 2.75) is 4.83 Å². The molecule has 0 bridgehead atoms. The highest BCUT2D eigenvalue weighted by atomic mass is 79.9. The van der Waals surface area contributed by atoms with E-state index < -0.39 is 5.82 Å². The van der Waals surface area contributed by atoms with E-state index in [4.69, 9.17) is 27.9 Å². The van der Waals surface area contributed by atoms with E-state index in [0.717, 1.165) is 15.6 Å². The monoisotopic (exact) mass is 440 g/mol. The van der Waals surface area contributed by atoms with Gasteiger partial charge in [-0.1, -0.05) is 45.2 Å². The number of benzene rings is 2. The maximum absolute atomic E-state index is 13.2. The van der Waals surface area contributed by atoms with E-state index in [-0.39, 0.29) is 9.85 Å². The van der Waals surface area contributed by atoms with Crippen molar-refractivity contribution >= 4 is 55.1 Å². The van der Waals surface area contributed by atoms with Gasteiger partial charge in [0.05, 0.1) is 21.4 Å². The van der Waals surface area contributed by atoms with Gasteiger partial charge in [-0.3, -0.25) is 0 Å². The van der Waals surface area contributed by atoms with Crippen molar-refractivity contribution in [3.8, 4) is 5.75 Å². The largest absolute Gasteiger partial charge is 0.495 e. The first-order valence-corrected chi connectivity index (χ1v) is 8.02. The molecule has 20 heavy (non-hydrogen) atoms. The molecule has 0 saturated heterocycles. The summed E-state index contributed by atoms with van der Waals surface area (Å²) >= 11 is 18.9. The molecule has 0 aliphatic heterocycles. The molecule has 1 nitrogen and oxygen atoms in total. The number of hydrogen-bond acceptors (Lipinski definition) is 1. The van der Waals surface area contributed by atoms with E-state index in [1.165, 1.54) is 6.07 Å². The number of rotatable bonds is 3. The number of alkyl halides is 1. The number of ether oxygens (including phenoxy) is 1. The first-order chi connectivity index (χ1) is 9.43. The molecule has 0 aromatic heterocycles. The summed E-state index contributed by atoms with van der Waals surface area (Å²) in [6, 6.07) is 8.11. The lowest BCUT2D eigenvalue weighted by atomic mass is 10.0. The van der Waals surface area contributed by atoms with Crippen molar-refractivity contribution in [3.05, 3.63) is 61.8 Å². The van der Waals surface area contributed by atoms with Crippen LogP contribution in [0.3, 0.4) is 0 Å². The van der Waals surface area contributed by atoms with Crippen LogP contribution in [0.4, 0.5) is 4.39 Å². The molecule has 2 aromatic rings. The first kappa shape index (κ1) is 16.1. The highest BCUT2D eigenvalue weighted by Gasteiger charge is 2.19. The molecule has 0 aliphatic carbocycles. The van der Waals surface area contributed by atoms with E-state index >= 15 is 0 Å². The zero-order valence-electron chi connectivity index (χ0n) is 10.3. The fourth-order valence-electron chi connectivity index (χ4n) is 1.83. The Morgan fingerprint density at radius 1 is 1.20 bits per heavy atom. The molecule has 2 aromatic carbocycles. The second-order valence-electron chi connectivity index (χ2n) is 4.05. The predicted octanol–water partition coefficient (Wildman–Crippen LogP) is 6.39. The van der Waals surface area contributed by atoms with Gasteiger partial charge in [-0.2, -0.15) is 0 Å². The van der Waals surface area contributed by atoms with Crippen LogP contribution in [0.5, 0.6) is 5.75 Å². The Morgan fingerprint density at radius 3 is 2.50 bits per heavy atom. The molecule has 0 heterocycles. The highest BCUT2D eigenvalue weighted by Crippen LogP contribution is 2.42. The topological polar surface area (TPSA) is 9.23 Å². The van der Waals surface area contributed by atoms with Crippen LogP contribution in [-0.2, 0) is 0 Å². The maximum Gasteiger partial charge on any atom is 0.141 e. The van der Waals surface area contributed by atoms with Gasteiger partial charge < -0.3 is 4.74 Å². The summed E-state index contributed by atoms with van der Waals surface area (Å²) in [6.45, 7) is 0. The molecule has 106 valence electrons. The Balaban J connectivity index is 2.52. The zero-order chi connectivity index (χ0) is 14.9. The van der Waals surface area contributed by atoms with E-state index in [9.17, 15) is 4.39 Å². The molecular weight excluding hydrogens is 434 g/mol. The third kappa shape index (κ3) is 3.30. The summed E-state index contributed by atoms with van der Waals surface area (Å²) in [5.74, 6) is 0.214. The summed E-state index contributed by atoms with van der Waals surface area (Å²) in [6.07, 6.45) is 0. The second kappa shape index (κ2) is 6.65. The van der Waals surface area contributed by atoms with Gasteiger partial charge in [0.15, 0.2) is 0 Å². The average molecular weight is 443 g/mol. The van der Waals surface area contributed by atoms with Crippen LogP contribution in [0.1, 0.15) is 16.0 Å². The van der Waals surface area contributed by atoms with Crippen LogP contribution >= 0.6 is 55.1 Å². The molecule has 0 spiro atoms. The molecule has 1 atom stereocenters. The van der Waals surface area contributed by atoms with Crippen molar-refractivity contribution in [3.63, 3.8) is 0 Å². The second-order valence-corrected chi connectivity index (χ2v) is 6.66.